The lowest BCUT2D eigenvalue weighted by Gasteiger charge is -2.09. The molecule has 0 atom stereocenters. The fourth-order valence-electron chi connectivity index (χ4n) is 1.55. The van der Waals surface area contributed by atoms with E-state index >= 15 is 0 Å². The van der Waals surface area contributed by atoms with Gasteiger partial charge in [0.15, 0.2) is 0 Å². The predicted molar refractivity (Wildman–Crippen MR) is 70.7 cm³/mol. The molecule has 1 aromatic carbocycles. The third-order valence-electron chi connectivity index (χ3n) is 2.24. The highest BCUT2D eigenvalue weighted by atomic mass is 35.5. The van der Waals surface area contributed by atoms with Crippen LogP contribution in [0.15, 0.2) is 30.5 Å². The van der Waals surface area contributed by atoms with Gasteiger partial charge < -0.3 is 10.5 Å². The van der Waals surface area contributed by atoms with E-state index in [2.05, 4.69) is 4.98 Å². The second kappa shape index (κ2) is 4.82. The summed E-state index contributed by atoms with van der Waals surface area (Å²) in [5.41, 5.74) is 7.84. The van der Waals surface area contributed by atoms with Gasteiger partial charge in [0, 0.05) is 15.6 Å². The van der Waals surface area contributed by atoms with Crippen LogP contribution in [0.25, 0.3) is 11.1 Å². The summed E-state index contributed by atoms with van der Waals surface area (Å²) in [5, 5.41) is 1.11. The molecule has 0 aliphatic carbocycles. The summed E-state index contributed by atoms with van der Waals surface area (Å²) in [4.78, 5) is 4.10. The van der Waals surface area contributed by atoms with Gasteiger partial charge in [-0.1, -0.05) is 23.2 Å². The third-order valence-corrected chi connectivity index (χ3v) is 2.68. The van der Waals surface area contributed by atoms with Crippen molar-refractivity contribution in [2.75, 3.05) is 12.8 Å². The zero-order valence-electron chi connectivity index (χ0n) is 9.08. The van der Waals surface area contributed by atoms with Crippen molar-refractivity contribution in [1.29, 1.82) is 0 Å². The Hall–Kier alpha value is -1.45. The van der Waals surface area contributed by atoms with Crippen molar-refractivity contribution >= 4 is 28.9 Å². The van der Waals surface area contributed by atoms with Crippen LogP contribution in [-0.2, 0) is 0 Å². The summed E-state index contributed by atoms with van der Waals surface area (Å²) in [5.74, 6) is 0.484. The quantitative estimate of drug-likeness (QED) is 0.905. The maximum absolute atomic E-state index is 5.96. The summed E-state index contributed by atoms with van der Waals surface area (Å²) in [6.07, 6.45) is 1.54. The highest BCUT2D eigenvalue weighted by molar-refractivity contribution is 6.35. The van der Waals surface area contributed by atoms with Crippen molar-refractivity contribution < 1.29 is 4.74 Å². The average Bonchev–Trinajstić information content (AvgIpc) is 2.27. The molecule has 1 aromatic heterocycles. The molecule has 17 heavy (non-hydrogen) atoms. The first-order valence-electron chi connectivity index (χ1n) is 4.86. The lowest BCUT2D eigenvalue weighted by molar-refractivity contribution is 0.400. The number of ether oxygens (including phenoxy) is 1. The number of hydrogen-bond acceptors (Lipinski definition) is 3. The molecule has 0 fully saturated rings. The van der Waals surface area contributed by atoms with Crippen LogP contribution in [0.5, 0.6) is 5.88 Å². The molecule has 0 amide bonds. The number of nitrogens with two attached hydrogens (primary N) is 1. The largest absolute Gasteiger partial charge is 0.481 e. The minimum absolute atomic E-state index is 0.484. The monoisotopic (exact) mass is 268 g/mol. The smallest absolute Gasteiger partial charge is 0.221 e. The molecule has 2 aromatic rings. The molecule has 0 saturated heterocycles. The van der Waals surface area contributed by atoms with E-state index in [1.165, 1.54) is 6.20 Å². The number of anilines is 1. The van der Waals surface area contributed by atoms with Crippen LogP contribution < -0.4 is 10.5 Å². The topological polar surface area (TPSA) is 48.1 Å². The molecule has 1 heterocycles. The number of nitrogen functional groups attached to an aromatic ring is 1. The number of rotatable bonds is 2. The second-order valence-corrected chi connectivity index (χ2v) is 4.36. The van der Waals surface area contributed by atoms with E-state index in [0.717, 1.165) is 11.1 Å². The van der Waals surface area contributed by atoms with Gasteiger partial charge in [-0.25, -0.2) is 4.98 Å². The van der Waals surface area contributed by atoms with E-state index < -0.39 is 0 Å². The Balaban J connectivity index is 2.62. The van der Waals surface area contributed by atoms with Gasteiger partial charge in [-0.05, 0) is 29.8 Å². The van der Waals surface area contributed by atoms with Gasteiger partial charge in [0.05, 0.1) is 19.0 Å². The highest BCUT2D eigenvalue weighted by Gasteiger charge is 2.09. The minimum atomic E-state index is 0.484. The molecular weight excluding hydrogens is 259 g/mol. The second-order valence-electron chi connectivity index (χ2n) is 3.48. The number of nitrogens with zero attached hydrogens (tertiary/aromatic N) is 1. The van der Waals surface area contributed by atoms with Crippen LogP contribution in [0, 0.1) is 0 Å². The number of halogens is 2. The molecule has 0 bridgehead atoms. The van der Waals surface area contributed by atoms with Crippen molar-refractivity contribution in [3.63, 3.8) is 0 Å². The number of benzene rings is 1. The summed E-state index contributed by atoms with van der Waals surface area (Å²) in [7, 11) is 1.55. The van der Waals surface area contributed by atoms with Gasteiger partial charge in [-0.15, -0.1) is 0 Å². The first-order valence-corrected chi connectivity index (χ1v) is 5.61. The van der Waals surface area contributed by atoms with Crippen molar-refractivity contribution in [2.45, 2.75) is 0 Å². The normalized spacial score (nSPS) is 10.3. The Kier molecular flexibility index (Phi) is 3.41. The van der Waals surface area contributed by atoms with Crippen LogP contribution in [0.1, 0.15) is 0 Å². The Bertz CT molecular complexity index is 538. The van der Waals surface area contributed by atoms with Gasteiger partial charge in [0.2, 0.25) is 5.88 Å². The zero-order valence-corrected chi connectivity index (χ0v) is 10.6. The maximum Gasteiger partial charge on any atom is 0.221 e. The third kappa shape index (κ3) is 2.62. The first-order chi connectivity index (χ1) is 8.10. The molecule has 88 valence electrons. The SMILES string of the molecule is COc1ncc(N)cc1-c1cc(Cl)cc(Cl)c1. The van der Waals surface area contributed by atoms with Gasteiger partial charge in [0.25, 0.3) is 0 Å². The number of aromatic nitrogens is 1. The standard InChI is InChI=1S/C12H10Cl2N2O/c1-17-12-11(5-10(15)6-16-12)7-2-8(13)4-9(14)3-7/h2-6H,15H2,1H3. The van der Waals surface area contributed by atoms with Crippen LogP contribution in [-0.4, -0.2) is 12.1 Å². The molecule has 0 saturated carbocycles. The van der Waals surface area contributed by atoms with Crippen LogP contribution in [0.3, 0.4) is 0 Å². The number of methoxy groups -OCH3 is 1. The van der Waals surface area contributed by atoms with Crippen molar-refractivity contribution in [2.24, 2.45) is 0 Å². The molecule has 2 rings (SSSR count). The van der Waals surface area contributed by atoms with Crippen LogP contribution in [0.2, 0.25) is 10.0 Å². The van der Waals surface area contributed by atoms with E-state index in [1.54, 1.807) is 31.4 Å². The Morgan fingerprint density at radius 2 is 1.76 bits per heavy atom. The first kappa shape index (κ1) is 12.0. The van der Waals surface area contributed by atoms with E-state index in [-0.39, 0.29) is 0 Å². The van der Waals surface area contributed by atoms with Crippen LogP contribution in [0.4, 0.5) is 5.69 Å². The molecule has 0 aliphatic rings. The minimum Gasteiger partial charge on any atom is -0.481 e. The van der Waals surface area contributed by atoms with E-state index in [1.807, 2.05) is 0 Å². The fraction of sp³-hybridized carbons (Fsp3) is 0.0833. The average molecular weight is 269 g/mol. The summed E-state index contributed by atoms with van der Waals surface area (Å²) >= 11 is 11.9. The number of hydrogen-bond donors (Lipinski definition) is 1. The Morgan fingerprint density at radius 3 is 2.35 bits per heavy atom. The fourth-order valence-corrected chi connectivity index (χ4v) is 2.07. The molecule has 5 heteroatoms. The van der Waals surface area contributed by atoms with Crippen molar-refractivity contribution in [3.05, 3.63) is 40.5 Å². The Morgan fingerprint density at radius 1 is 1.12 bits per heavy atom. The molecule has 0 unspecified atom stereocenters. The molecular formula is C12H10Cl2N2O. The molecule has 3 nitrogen and oxygen atoms in total. The van der Waals surface area contributed by atoms with E-state index in [4.69, 9.17) is 33.7 Å². The summed E-state index contributed by atoms with van der Waals surface area (Å²) in [6, 6.07) is 7.01. The molecule has 0 radical (unpaired) electrons. The van der Waals surface area contributed by atoms with Crippen molar-refractivity contribution in [3.8, 4) is 17.0 Å². The maximum atomic E-state index is 5.96. The molecule has 0 spiro atoms. The number of pyridine rings is 1. The van der Waals surface area contributed by atoms with Crippen LogP contribution >= 0.6 is 23.2 Å². The van der Waals surface area contributed by atoms with Gasteiger partial charge >= 0.3 is 0 Å². The van der Waals surface area contributed by atoms with Gasteiger partial charge in [-0.2, -0.15) is 0 Å². The highest BCUT2D eigenvalue weighted by Crippen LogP contribution is 2.33. The van der Waals surface area contributed by atoms with Gasteiger partial charge in [0.1, 0.15) is 0 Å². The van der Waals surface area contributed by atoms with Crippen molar-refractivity contribution in [1.82, 2.24) is 4.98 Å². The lowest BCUT2D eigenvalue weighted by atomic mass is 10.1. The van der Waals surface area contributed by atoms with E-state index in [9.17, 15) is 0 Å². The van der Waals surface area contributed by atoms with Gasteiger partial charge in [-0.3, -0.25) is 0 Å². The lowest BCUT2D eigenvalue weighted by Crippen LogP contribution is -1.94. The molecule has 0 aliphatic heterocycles. The summed E-state index contributed by atoms with van der Waals surface area (Å²) in [6.45, 7) is 0. The molecule has 2 N–H and O–H groups in total. The zero-order chi connectivity index (χ0) is 12.4. The Labute approximate surface area is 109 Å². The summed E-state index contributed by atoms with van der Waals surface area (Å²) < 4.78 is 5.18. The van der Waals surface area contributed by atoms with E-state index in [0.29, 0.717) is 21.6 Å². The predicted octanol–water partition coefficient (Wildman–Crippen LogP) is 3.65.